The highest BCUT2D eigenvalue weighted by molar-refractivity contribution is 5.81. The number of likely N-dealkylation sites (N-methyl/N-ethyl adjacent to an activating group) is 1. The predicted octanol–water partition coefficient (Wildman–Crippen LogP) is -0.654. The van der Waals surface area contributed by atoms with E-state index in [9.17, 15) is 9.59 Å². The number of hydrogen-bond acceptors (Lipinski definition) is 4. The Labute approximate surface area is 115 Å². The molecule has 110 valence electrons. The van der Waals surface area contributed by atoms with Gasteiger partial charge in [-0.05, 0) is 20.8 Å². The van der Waals surface area contributed by atoms with Gasteiger partial charge in [0.2, 0.25) is 11.8 Å². The van der Waals surface area contributed by atoms with Crippen molar-refractivity contribution in [2.45, 2.75) is 26.8 Å². The molecular formula is C13H26N4O2. The summed E-state index contributed by atoms with van der Waals surface area (Å²) in [4.78, 5) is 29.4. The number of nitrogens with zero attached hydrogens (tertiary/aromatic N) is 3. The van der Waals surface area contributed by atoms with Crippen LogP contribution in [-0.4, -0.2) is 78.4 Å². The highest BCUT2D eigenvalue weighted by Crippen LogP contribution is 2.04. The van der Waals surface area contributed by atoms with Gasteiger partial charge in [0.1, 0.15) is 0 Å². The molecule has 1 atom stereocenters. The van der Waals surface area contributed by atoms with E-state index in [-0.39, 0.29) is 11.8 Å². The number of carbonyl (C=O) groups is 2. The fourth-order valence-electron chi connectivity index (χ4n) is 2.28. The first kappa shape index (κ1) is 15.9. The third-order valence-electron chi connectivity index (χ3n) is 3.55. The standard InChI is InChI=1S/C13H26N4O2/c1-4-16(5-2)12(18)10-15-6-8-17(9-7-15)13(19)11(3)14/h11H,4-10,14H2,1-3H3/t11-/m1/s1. The van der Waals surface area contributed by atoms with E-state index in [0.717, 1.165) is 26.2 Å². The molecule has 1 saturated heterocycles. The molecule has 1 fully saturated rings. The monoisotopic (exact) mass is 270 g/mol. The molecule has 6 heteroatoms. The highest BCUT2D eigenvalue weighted by Gasteiger charge is 2.24. The van der Waals surface area contributed by atoms with Crippen molar-refractivity contribution in [3.8, 4) is 0 Å². The van der Waals surface area contributed by atoms with Crippen LogP contribution in [0.15, 0.2) is 0 Å². The Kier molecular flexibility index (Phi) is 6.24. The van der Waals surface area contributed by atoms with Gasteiger partial charge in [0.15, 0.2) is 0 Å². The van der Waals surface area contributed by atoms with E-state index in [2.05, 4.69) is 4.90 Å². The van der Waals surface area contributed by atoms with Crippen LogP contribution in [-0.2, 0) is 9.59 Å². The summed E-state index contributed by atoms with van der Waals surface area (Å²) < 4.78 is 0. The number of nitrogens with two attached hydrogens (primary N) is 1. The Morgan fingerprint density at radius 1 is 1.16 bits per heavy atom. The van der Waals surface area contributed by atoms with Gasteiger partial charge < -0.3 is 15.5 Å². The fourth-order valence-corrected chi connectivity index (χ4v) is 2.28. The second-order valence-electron chi connectivity index (χ2n) is 4.96. The van der Waals surface area contributed by atoms with Crippen molar-refractivity contribution in [3.63, 3.8) is 0 Å². The molecule has 0 spiro atoms. The molecule has 1 aliphatic heterocycles. The Morgan fingerprint density at radius 3 is 2.11 bits per heavy atom. The molecule has 1 heterocycles. The molecule has 0 unspecified atom stereocenters. The molecule has 0 aromatic rings. The molecule has 0 aliphatic carbocycles. The summed E-state index contributed by atoms with van der Waals surface area (Å²) in [6.45, 7) is 10.4. The number of hydrogen-bond donors (Lipinski definition) is 1. The lowest BCUT2D eigenvalue weighted by Crippen LogP contribution is -2.54. The molecule has 0 bridgehead atoms. The first-order valence-corrected chi connectivity index (χ1v) is 7.04. The van der Waals surface area contributed by atoms with Gasteiger partial charge in [0.25, 0.3) is 0 Å². The SMILES string of the molecule is CCN(CC)C(=O)CN1CCN(C(=O)[C@@H](C)N)CC1. The molecule has 0 aromatic carbocycles. The van der Waals surface area contributed by atoms with Gasteiger partial charge in [-0.1, -0.05) is 0 Å². The third kappa shape index (κ3) is 4.47. The van der Waals surface area contributed by atoms with E-state index < -0.39 is 6.04 Å². The van der Waals surface area contributed by atoms with Crippen LogP contribution >= 0.6 is 0 Å². The minimum Gasteiger partial charge on any atom is -0.342 e. The van der Waals surface area contributed by atoms with E-state index in [4.69, 9.17) is 5.73 Å². The minimum atomic E-state index is -0.441. The normalized spacial score (nSPS) is 18.2. The zero-order valence-electron chi connectivity index (χ0n) is 12.3. The van der Waals surface area contributed by atoms with Gasteiger partial charge in [-0.15, -0.1) is 0 Å². The van der Waals surface area contributed by atoms with Crippen LogP contribution in [0.2, 0.25) is 0 Å². The smallest absolute Gasteiger partial charge is 0.239 e. The largest absolute Gasteiger partial charge is 0.342 e. The summed E-state index contributed by atoms with van der Waals surface area (Å²) in [6, 6.07) is -0.441. The van der Waals surface area contributed by atoms with Gasteiger partial charge in [-0.3, -0.25) is 14.5 Å². The van der Waals surface area contributed by atoms with Crippen molar-refractivity contribution < 1.29 is 9.59 Å². The summed E-state index contributed by atoms with van der Waals surface area (Å²) in [5.74, 6) is 0.159. The maximum absolute atomic E-state index is 12.0. The Balaban J connectivity index is 2.38. The Hall–Kier alpha value is -1.14. The van der Waals surface area contributed by atoms with E-state index >= 15 is 0 Å². The second-order valence-corrected chi connectivity index (χ2v) is 4.96. The van der Waals surface area contributed by atoms with Gasteiger partial charge in [-0.25, -0.2) is 0 Å². The van der Waals surface area contributed by atoms with Gasteiger partial charge in [0.05, 0.1) is 12.6 Å². The second kappa shape index (κ2) is 7.45. The molecule has 0 aromatic heterocycles. The third-order valence-corrected chi connectivity index (χ3v) is 3.55. The lowest BCUT2D eigenvalue weighted by atomic mass is 10.2. The summed E-state index contributed by atoms with van der Waals surface area (Å²) in [5, 5.41) is 0. The van der Waals surface area contributed by atoms with Crippen LogP contribution in [0.4, 0.5) is 0 Å². The zero-order valence-corrected chi connectivity index (χ0v) is 12.3. The van der Waals surface area contributed by atoms with E-state index in [0.29, 0.717) is 19.6 Å². The average Bonchev–Trinajstić information content (AvgIpc) is 2.40. The molecule has 2 amide bonds. The Morgan fingerprint density at radius 2 is 1.68 bits per heavy atom. The lowest BCUT2D eigenvalue weighted by molar-refractivity contribution is -0.135. The Bertz CT molecular complexity index is 308. The van der Waals surface area contributed by atoms with E-state index in [1.54, 1.807) is 11.8 Å². The van der Waals surface area contributed by atoms with Crippen molar-refractivity contribution in [1.29, 1.82) is 0 Å². The molecule has 6 nitrogen and oxygen atoms in total. The molecule has 2 N–H and O–H groups in total. The molecule has 1 aliphatic rings. The maximum Gasteiger partial charge on any atom is 0.239 e. The van der Waals surface area contributed by atoms with Crippen molar-refractivity contribution in [1.82, 2.24) is 14.7 Å². The van der Waals surface area contributed by atoms with Gasteiger partial charge in [0, 0.05) is 39.3 Å². The van der Waals surface area contributed by atoms with Crippen LogP contribution in [0.1, 0.15) is 20.8 Å². The zero-order chi connectivity index (χ0) is 14.4. The van der Waals surface area contributed by atoms with Gasteiger partial charge in [-0.2, -0.15) is 0 Å². The predicted molar refractivity (Wildman–Crippen MR) is 74.6 cm³/mol. The average molecular weight is 270 g/mol. The number of piperazine rings is 1. The summed E-state index contributed by atoms with van der Waals surface area (Å²) in [5.41, 5.74) is 5.59. The summed E-state index contributed by atoms with van der Waals surface area (Å²) in [7, 11) is 0. The van der Waals surface area contributed by atoms with Crippen LogP contribution < -0.4 is 5.73 Å². The van der Waals surface area contributed by atoms with Crippen LogP contribution in [0.3, 0.4) is 0 Å². The first-order valence-electron chi connectivity index (χ1n) is 7.04. The topological polar surface area (TPSA) is 69.9 Å². The number of rotatable bonds is 5. The number of amides is 2. The van der Waals surface area contributed by atoms with Crippen LogP contribution in [0, 0.1) is 0 Å². The van der Waals surface area contributed by atoms with Crippen LogP contribution in [0.5, 0.6) is 0 Å². The first-order chi connectivity index (χ1) is 8.99. The lowest BCUT2D eigenvalue weighted by Gasteiger charge is -2.35. The van der Waals surface area contributed by atoms with Crippen molar-refractivity contribution in [2.24, 2.45) is 5.73 Å². The van der Waals surface area contributed by atoms with E-state index in [1.165, 1.54) is 0 Å². The molecule has 19 heavy (non-hydrogen) atoms. The summed E-state index contributed by atoms with van der Waals surface area (Å²) in [6.07, 6.45) is 0. The molecule has 0 saturated carbocycles. The highest BCUT2D eigenvalue weighted by atomic mass is 16.2. The summed E-state index contributed by atoms with van der Waals surface area (Å²) >= 11 is 0. The fraction of sp³-hybridized carbons (Fsp3) is 0.846. The quantitative estimate of drug-likeness (QED) is 0.720. The molecule has 0 radical (unpaired) electrons. The maximum atomic E-state index is 12.0. The van der Waals surface area contributed by atoms with Crippen molar-refractivity contribution >= 4 is 11.8 Å². The van der Waals surface area contributed by atoms with Crippen molar-refractivity contribution in [3.05, 3.63) is 0 Å². The minimum absolute atomic E-state index is 0.00489. The van der Waals surface area contributed by atoms with Crippen molar-refractivity contribution in [2.75, 3.05) is 45.8 Å². The van der Waals surface area contributed by atoms with E-state index in [1.807, 2.05) is 18.7 Å². The molecule has 1 rings (SSSR count). The van der Waals surface area contributed by atoms with Gasteiger partial charge >= 0.3 is 0 Å². The van der Waals surface area contributed by atoms with Crippen LogP contribution in [0.25, 0.3) is 0 Å². The molecular weight excluding hydrogens is 244 g/mol. The number of carbonyl (C=O) groups excluding carboxylic acids is 2.